The Hall–Kier alpha value is -2.93. The molecule has 0 aliphatic heterocycles. The molecule has 0 atom stereocenters. The van der Waals surface area contributed by atoms with Gasteiger partial charge in [0.05, 0.1) is 10.6 Å². The van der Waals surface area contributed by atoms with Crippen LogP contribution >= 0.6 is 0 Å². The SMILES string of the molecule is Cc1ccnn1-c1ccc(C(=O)Nc2cccc(S(C)(=O)=O)c2)cc1. The van der Waals surface area contributed by atoms with Gasteiger partial charge in [0.1, 0.15) is 0 Å². The Kier molecular flexibility index (Phi) is 4.41. The Morgan fingerprint density at radius 2 is 1.80 bits per heavy atom. The van der Waals surface area contributed by atoms with Crippen LogP contribution in [-0.2, 0) is 9.84 Å². The molecule has 0 aliphatic rings. The Morgan fingerprint density at radius 1 is 1.08 bits per heavy atom. The van der Waals surface area contributed by atoms with Gasteiger partial charge in [0.25, 0.3) is 5.91 Å². The van der Waals surface area contributed by atoms with E-state index < -0.39 is 9.84 Å². The van der Waals surface area contributed by atoms with E-state index in [4.69, 9.17) is 0 Å². The highest BCUT2D eigenvalue weighted by Gasteiger charge is 2.11. The standard InChI is InChI=1S/C18H17N3O3S/c1-13-10-11-19-21(13)16-8-6-14(7-9-16)18(22)20-15-4-3-5-17(12-15)25(2,23)24/h3-12H,1-2H3,(H,20,22). The molecule has 1 N–H and O–H groups in total. The summed E-state index contributed by atoms with van der Waals surface area (Å²) >= 11 is 0. The third kappa shape index (κ3) is 3.77. The normalized spacial score (nSPS) is 11.3. The van der Waals surface area contributed by atoms with Gasteiger partial charge >= 0.3 is 0 Å². The zero-order valence-corrected chi connectivity index (χ0v) is 14.6. The topological polar surface area (TPSA) is 81.1 Å². The number of anilines is 1. The minimum Gasteiger partial charge on any atom is -0.322 e. The number of benzene rings is 2. The van der Waals surface area contributed by atoms with Crippen LogP contribution in [0.15, 0.2) is 65.7 Å². The van der Waals surface area contributed by atoms with E-state index in [0.29, 0.717) is 11.3 Å². The lowest BCUT2D eigenvalue weighted by molar-refractivity contribution is 0.102. The fraction of sp³-hybridized carbons (Fsp3) is 0.111. The predicted octanol–water partition coefficient (Wildman–Crippen LogP) is 2.84. The highest BCUT2D eigenvalue weighted by molar-refractivity contribution is 7.90. The molecule has 0 aliphatic carbocycles. The number of aromatic nitrogens is 2. The average Bonchev–Trinajstić information content (AvgIpc) is 3.00. The molecule has 0 spiro atoms. The molecular weight excluding hydrogens is 338 g/mol. The monoisotopic (exact) mass is 355 g/mol. The van der Waals surface area contributed by atoms with Crippen molar-refractivity contribution in [3.63, 3.8) is 0 Å². The molecule has 0 radical (unpaired) electrons. The molecule has 3 rings (SSSR count). The van der Waals surface area contributed by atoms with Gasteiger partial charge in [-0.3, -0.25) is 4.79 Å². The highest BCUT2D eigenvalue weighted by atomic mass is 32.2. The second-order valence-electron chi connectivity index (χ2n) is 5.69. The number of nitrogens with one attached hydrogen (secondary N) is 1. The number of sulfone groups is 1. The van der Waals surface area contributed by atoms with Gasteiger partial charge in [-0.25, -0.2) is 13.1 Å². The summed E-state index contributed by atoms with van der Waals surface area (Å²) in [7, 11) is -3.32. The van der Waals surface area contributed by atoms with Crippen LogP contribution in [0.3, 0.4) is 0 Å². The van der Waals surface area contributed by atoms with Crippen molar-refractivity contribution in [2.45, 2.75) is 11.8 Å². The lowest BCUT2D eigenvalue weighted by atomic mass is 10.2. The first-order chi connectivity index (χ1) is 11.8. The van der Waals surface area contributed by atoms with Gasteiger partial charge in [-0.15, -0.1) is 0 Å². The van der Waals surface area contributed by atoms with Gasteiger partial charge < -0.3 is 5.32 Å². The molecule has 0 unspecified atom stereocenters. The van der Waals surface area contributed by atoms with E-state index in [-0.39, 0.29) is 10.8 Å². The third-order valence-electron chi connectivity index (χ3n) is 3.73. The van der Waals surface area contributed by atoms with Gasteiger partial charge in [-0.2, -0.15) is 5.10 Å². The van der Waals surface area contributed by atoms with Gasteiger partial charge in [0.2, 0.25) is 0 Å². The molecule has 25 heavy (non-hydrogen) atoms. The summed E-state index contributed by atoms with van der Waals surface area (Å²) in [6.07, 6.45) is 2.84. The lowest BCUT2D eigenvalue weighted by Crippen LogP contribution is -2.12. The van der Waals surface area contributed by atoms with Crippen LogP contribution in [0.5, 0.6) is 0 Å². The molecule has 0 saturated carbocycles. The number of rotatable bonds is 4. The number of hydrogen-bond acceptors (Lipinski definition) is 4. The van der Waals surface area contributed by atoms with Crippen LogP contribution in [0.2, 0.25) is 0 Å². The summed E-state index contributed by atoms with van der Waals surface area (Å²) in [5.74, 6) is -0.311. The minimum absolute atomic E-state index is 0.162. The van der Waals surface area contributed by atoms with E-state index in [1.807, 2.05) is 25.1 Å². The van der Waals surface area contributed by atoms with Crippen molar-refractivity contribution in [2.75, 3.05) is 11.6 Å². The fourth-order valence-corrected chi connectivity index (χ4v) is 3.07. The Balaban J connectivity index is 1.79. The molecule has 3 aromatic rings. The van der Waals surface area contributed by atoms with Gasteiger partial charge in [0.15, 0.2) is 9.84 Å². The third-order valence-corrected chi connectivity index (χ3v) is 4.84. The number of carbonyl (C=O) groups is 1. The first kappa shape index (κ1) is 16.9. The zero-order chi connectivity index (χ0) is 18.0. The Morgan fingerprint density at radius 3 is 2.40 bits per heavy atom. The Labute approximate surface area is 146 Å². The van der Waals surface area contributed by atoms with Crippen LogP contribution in [0.4, 0.5) is 5.69 Å². The van der Waals surface area contributed by atoms with E-state index in [1.54, 1.807) is 35.1 Å². The van der Waals surface area contributed by atoms with Crippen LogP contribution in [0.1, 0.15) is 16.1 Å². The van der Waals surface area contributed by atoms with Crippen LogP contribution in [0, 0.1) is 6.92 Å². The molecule has 1 aromatic heterocycles. The van der Waals surface area contributed by atoms with Gasteiger partial charge in [-0.1, -0.05) is 6.07 Å². The van der Waals surface area contributed by atoms with Crippen molar-refractivity contribution in [3.05, 3.63) is 72.1 Å². The molecule has 0 saturated heterocycles. The van der Waals surface area contributed by atoms with E-state index in [0.717, 1.165) is 17.6 Å². The summed E-state index contributed by atoms with van der Waals surface area (Å²) in [5, 5.41) is 6.93. The molecule has 1 heterocycles. The van der Waals surface area contributed by atoms with Gasteiger partial charge in [-0.05, 0) is 55.5 Å². The second-order valence-corrected chi connectivity index (χ2v) is 7.70. The van der Waals surface area contributed by atoms with Gasteiger partial charge in [0, 0.05) is 29.4 Å². The summed E-state index contributed by atoms with van der Waals surface area (Å²) in [5.41, 5.74) is 2.76. The van der Waals surface area contributed by atoms with Crippen molar-refractivity contribution in [3.8, 4) is 5.69 Å². The first-order valence-electron chi connectivity index (χ1n) is 7.57. The quantitative estimate of drug-likeness (QED) is 0.780. The number of hydrogen-bond donors (Lipinski definition) is 1. The first-order valence-corrected chi connectivity index (χ1v) is 9.46. The molecule has 1 amide bonds. The Bertz CT molecular complexity index is 1020. The van der Waals surface area contributed by atoms with Crippen LogP contribution < -0.4 is 5.32 Å². The van der Waals surface area contributed by atoms with E-state index in [9.17, 15) is 13.2 Å². The summed E-state index contributed by atoms with van der Waals surface area (Å²) in [6, 6.07) is 15.1. The van der Waals surface area contributed by atoms with Crippen molar-refractivity contribution in [1.29, 1.82) is 0 Å². The summed E-state index contributed by atoms with van der Waals surface area (Å²) in [6.45, 7) is 1.95. The minimum atomic E-state index is -3.32. The highest BCUT2D eigenvalue weighted by Crippen LogP contribution is 2.17. The second kappa shape index (κ2) is 6.52. The molecule has 0 fully saturated rings. The van der Waals surface area contributed by atoms with E-state index >= 15 is 0 Å². The maximum atomic E-state index is 12.4. The van der Waals surface area contributed by atoms with E-state index in [2.05, 4.69) is 10.4 Å². The number of nitrogens with zero attached hydrogens (tertiary/aromatic N) is 2. The maximum Gasteiger partial charge on any atom is 0.255 e. The molecule has 7 heteroatoms. The molecule has 128 valence electrons. The lowest BCUT2D eigenvalue weighted by Gasteiger charge is -2.08. The van der Waals surface area contributed by atoms with Crippen molar-refractivity contribution in [1.82, 2.24) is 9.78 Å². The van der Waals surface area contributed by atoms with E-state index in [1.165, 1.54) is 12.1 Å². The molecular formula is C18H17N3O3S. The molecule has 6 nitrogen and oxygen atoms in total. The zero-order valence-electron chi connectivity index (χ0n) is 13.8. The average molecular weight is 355 g/mol. The van der Waals surface area contributed by atoms with Crippen LogP contribution in [0.25, 0.3) is 5.69 Å². The fourth-order valence-electron chi connectivity index (χ4n) is 2.40. The maximum absolute atomic E-state index is 12.4. The number of amides is 1. The predicted molar refractivity (Wildman–Crippen MR) is 95.8 cm³/mol. The number of aryl methyl sites for hydroxylation is 1. The van der Waals surface area contributed by atoms with Crippen molar-refractivity contribution < 1.29 is 13.2 Å². The smallest absolute Gasteiger partial charge is 0.255 e. The number of carbonyl (C=O) groups excluding carboxylic acids is 1. The summed E-state index contributed by atoms with van der Waals surface area (Å²) < 4.78 is 25.0. The van der Waals surface area contributed by atoms with Crippen molar-refractivity contribution >= 4 is 21.4 Å². The van der Waals surface area contributed by atoms with Crippen molar-refractivity contribution in [2.24, 2.45) is 0 Å². The molecule has 2 aromatic carbocycles. The largest absolute Gasteiger partial charge is 0.322 e. The van der Waals surface area contributed by atoms with Crippen LogP contribution in [-0.4, -0.2) is 30.4 Å². The molecule has 0 bridgehead atoms. The summed E-state index contributed by atoms with van der Waals surface area (Å²) in [4.78, 5) is 12.5.